The van der Waals surface area contributed by atoms with E-state index < -0.39 is 0 Å². The van der Waals surface area contributed by atoms with Gasteiger partial charge in [-0.15, -0.1) is 10.2 Å². The Kier molecular flexibility index (Phi) is 6.31. The fraction of sp³-hybridized carbons (Fsp3) is 0.211. The van der Waals surface area contributed by atoms with E-state index in [0.29, 0.717) is 10.7 Å². The van der Waals surface area contributed by atoms with Gasteiger partial charge in [0.2, 0.25) is 5.13 Å². The highest BCUT2D eigenvalue weighted by molar-refractivity contribution is 8.02. The molecule has 8 heteroatoms. The fourth-order valence-corrected chi connectivity index (χ4v) is 4.32. The van der Waals surface area contributed by atoms with E-state index in [9.17, 15) is 4.79 Å². The third-order valence-corrected chi connectivity index (χ3v) is 5.77. The summed E-state index contributed by atoms with van der Waals surface area (Å²) in [6.45, 7) is 1.87. The molecule has 1 N–H and O–H groups in total. The number of Topliss-reactive ketones (excluding diaryl/α,β-unsaturated/α-hetero) is 1. The summed E-state index contributed by atoms with van der Waals surface area (Å²) in [5.74, 6) is 1.53. The van der Waals surface area contributed by atoms with Crippen LogP contribution in [0, 0.1) is 0 Å². The van der Waals surface area contributed by atoms with Crippen molar-refractivity contribution in [2.45, 2.75) is 16.5 Å². The van der Waals surface area contributed by atoms with Crippen molar-refractivity contribution in [3.8, 4) is 11.5 Å². The van der Waals surface area contributed by atoms with Gasteiger partial charge in [0.1, 0.15) is 11.5 Å². The number of nitrogens with one attached hydrogen (secondary N) is 1. The lowest BCUT2D eigenvalue weighted by molar-refractivity contribution is 0.0994. The molecule has 1 aromatic heterocycles. The van der Waals surface area contributed by atoms with Crippen LogP contribution < -0.4 is 14.8 Å². The molecule has 0 radical (unpaired) electrons. The predicted molar refractivity (Wildman–Crippen MR) is 109 cm³/mol. The molecule has 0 bridgehead atoms. The Morgan fingerprint density at radius 2 is 1.81 bits per heavy atom. The number of hydrogen-bond acceptors (Lipinski definition) is 8. The van der Waals surface area contributed by atoms with E-state index in [0.717, 1.165) is 21.5 Å². The number of methoxy groups -OCH3 is 2. The van der Waals surface area contributed by atoms with Crippen molar-refractivity contribution in [2.24, 2.45) is 0 Å². The molecule has 6 nitrogen and oxygen atoms in total. The van der Waals surface area contributed by atoms with E-state index in [1.165, 1.54) is 23.1 Å². The molecule has 0 amide bonds. The van der Waals surface area contributed by atoms with Crippen LogP contribution in [0.3, 0.4) is 0 Å². The van der Waals surface area contributed by atoms with Crippen LogP contribution in [-0.4, -0.2) is 35.5 Å². The normalized spacial score (nSPS) is 11.7. The van der Waals surface area contributed by atoms with E-state index in [2.05, 4.69) is 15.5 Å². The molecule has 0 aliphatic rings. The lowest BCUT2D eigenvalue weighted by Gasteiger charge is -2.08. The summed E-state index contributed by atoms with van der Waals surface area (Å²) in [5.41, 5.74) is 1.51. The number of hydrogen-bond donors (Lipinski definition) is 1. The lowest BCUT2D eigenvalue weighted by Crippen LogP contribution is -2.13. The Labute approximate surface area is 165 Å². The predicted octanol–water partition coefficient (Wildman–Crippen LogP) is 4.66. The van der Waals surface area contributed by atoms with Gasteiger partial charge in [-0.3, -0.25) is 4.79 Å². The number of ether oxygens (including phenoxy) is 2. The molecule has 0 unspecified atom stereocenters. The molecule has 1 heterocycles. The van der Waals surface area contributed by atoms with E-state index in [4.69, 9.17) is 9.47 Å². The molecule has 3 aromatic rings. The van der Waals surface area contributed by atoms with E-state index in [-0.39, 0.29) is 11.0 Å². The van der Waals surface area contributed by atoms with Crippen molar-refractivity contribution in [3.05, 3.63) is 54.1 Å². The number of carbonyl (C=O) groups is 1. The summed E-state index contributed by atoms with van der Waals surface area (Å²) in [4.78, 5) is 12.6. The van der Waals surface area contributed by atoms with Gasteiger partial charge in [0.15, 0.2) is 10.1 Å². The van der Waals surface area contributed by atoms with E-state index in [1.807, 2.05) is 31.2 Å². The van der Waals surface area contributed by atoms with Crippen LogP contribution in [0.5, 0.6) is 11.5 Å². The van der Waals surface area contributed by atoms with Crippen LogP contribution in [0.4, 0.5) is 10.8 Å². The fourth-order valence-electron chi connectivity index (χ4n) is 2.33. The van der Waals surface area contributed by atoms with Crippen LogP contribution in [0.2, 0.25) is 0 Å². The second-order valence-corrected chi connectivity index (χ2v) is 8.15. The van der Waals surface area contributed by atoms with Crippen LogP contribution in [0.25, 0.3) is 0 Å². The molecule has 0 spiro atoms. The molecule has 140 valence electrons. The van der Waals surface area contributed by atoms with Gasteiger partial charge in [-0.1, -0.05) is 29.2 Å². The molecule has 1 atom stereocenters. The minimum Gasteiger partial charge on any atom is -0.497 e. The summed E-state index contributed by atoms with van der Waals surface area (Å²) in [6, 6.07) is 14.7. The average molecular weight is 402 g/mol. The number of carbonyl (C=O) groups excluding carboxylic acids is 1. The van der Waals surface area contributed by atoms with Gasteiger partial charge < -0.3 is 14.8 Å². The van der Waals surface area contributed by atoms with Crippen molar-refractivity contribution < 1.29 is 14.3 Å². The summed E-state index contributed by atoms with van der Waals surface area (Å²) in [6.07, 6.45) is 0. The monoisotopic (exact) mass is 401 g/mol. The maximum absolute atomic E-state index is 12.6. The van der Waals surface area contributed by atoms with Crippen molar-refractivity contribution in [1.29, 1.82) is 0 Å². The van der Waals surface area contributed by atoms with Crippen molar-refractivity contribution in [1.82, 2.24) is 10.2 Å². The van der Waals surface area contributed by atoms with Gasteiger partial charge in [0.05, 0.1) is 19.5 Å². The van der Waals surface area contributed by atoms with Crippen LogP contribution in [0.1, 0.15) is 17.3 Å². The lowest BCUT2D eigenvalue weighted by atomic mass is 10.1. The molecule has 0 fully saturated rings. The Balaban J connectivity index is 1.62. The summed E-state index contributed by atoms with van der Waals surface area (Å²) in [5, 5.41) is 11.9. The highest BCUT2D eigenvalue weighted by atomic mass is 32.2. The number of benzene rings is 2. The summed E-state index contributed by atoms with van der Waals surface area (Å²) >= 11 is 2.80. The molecule has 2 aromatic carbocycles. The minimum atomic E-state index is -0.268. The maximum atomic E-state index is 12.6. The topological polar surface area (TPSA) is 73.3 Å². The molecular weight excluding hydrogens is 382 g/mol. The quantitative estimate of drug-likeness (QED) is 0.434. The number of ketones is 1. The van der Waals surface area contributed by atoms with Gasteiger partial charge in [0.25, 0.3) is 0 Å². The van der Waals surface area contributed by atoms with Gasteiger partial charge >= 0.3 is 0 Å². The van der Waals surface area contributed by atoms with Crippen LogP contribution in [-0.2, 0) is 0 Å². The molecule has 0 aliphatic heterocycles. The van der Waals surface area contributed by atoms with Crippen LogP contribution in [0.15, 0.2) is 52.9 Å². The Bertz CT molecular complexity index is 913. The Morgan fingerprint density at radius 1 is 1.07 bits per heavy atom. The number of thioether (sulfide) groups is 1. The first-order valence-corrected chi connectivity index (χ1v) is 9.88. The molecule has 0 aliphatic carbocycles. The number of rotatable bonds is 8. The van der Waals surface area contributed by atoms with Crippen molar-refractivity contribution in [2.75, 3.05) is 19.5 Å². The molecule has 3 rings (SSSR count). The first-order chi connectivity index (χ1) is 13.1. The average Bonchev–Trinajstić information content (AvgIpc) is 3.14. The highest BCUT2D eigenvalue weighted by Crippen LogP contribution is 2.32. The zero-order valence-corrected chi connectivity index (χ0v) is 16.8. The first kappa shape index (κ1) is 19.2. The van der Waals surface area contributed by atoms with Gasteiger partial charge in [0, 0.05) is 17.3 Å². The third kappa shape index (κ3) is 4.99. The number of anilines is 2. The smallest absolute Gasteiger partial charge is 0.210 e. The largest absolute Gasteiger partial charge is 0.497 e. The second kappa shape index (κ2) is 8.88. The third-order valence-electron chi connectivity index (χ3n) is 3.75. The van der Waals surface area contributed by atoms with Gasteiger partial charge in [-0.2, -0.15) is 0 Å². The minimum absolute atomic E-state index is 0.0418. The number of aromatic nitrogens is 2. The van der Waals surface area contributed by atoms with Gasteiger partial charge in [-0.05, 0) is 43.3 Å². The first-order valence-electron chi connectivity index (χ1n) is 8.18. The summed E-state index contributed by atoms with van der Waals surface area (Å²) < 4.78 is 11.1. The van der Waals surface area contributed by atoms with Crippen molar-refractivity contribution >= 4 is 39.7 Å². The van der Waals surface area contributed by atoms with Crippen molar-refractivity contribution in [3.63, 3.8) is 0 Å². The zero-order valence-electron chi connectivity index (χ0n) is 15.1. The SMILES string of the molecule is COc1ccc(C(=O)[C@H](C)Sc2nnc(Nc3cccc(OC)c3)s2)cc1. The van der Waals surface area contributed by atoms with Gasteiger partial charge in [-0.25, -0.2) is 0 Å². The number of nitrogens with zero attached hydrogens (tertiary/aromatic N) is 2. The standard InChI is InChI=1S/C19H19N3O3S2/c1-12(17(23)13-7-9-15(24-2)10-8-13)26-19-22-21-18(27-19)20-14-5-4-6-16(11-14)25-3/h4-12H,1-3H3,(H,20,21)/t12-/m0/s1. The van der Waals surface area contributed by atoms with E-state index >= 15 is 0 Å². The molecule has 0 saturated carbocycles. The maximum Gasteiger partial charge on any atom is 0.210 e. The Hall–Kier alpha value is -2.58. The van der Waals surface area contributed by atoms with E-state index in [1.54, 1.807) is 38.5 Å². The second-order valence-electron chi connectivity index (χ2n) is 5.58. The highest BCUT2D eigenvalue weighted by Gasteiger charge is 2.19. The zero-order chi connectivity index (χ0) is 19.2. The molecule has 27 heavy (non-hydrogen) atoms. The Morgan fingerprint density at radius 3 is 2.52 bits per heavy atom. The van der Waals surface area contributed by atoms with Crippen LogP contribution >= 0.6 is 23.1 Å². The molecule has 0 saturated heterocycles. The molecular formula is C19H19N3O3S2. The summed E-state index contributed by atoms with van der Waals surface area (Å²) in [7, 11) is 3.22.